The van der Waals surface area contributed by atoms with E-state index in [1.165, 1.54) is 11.1 Å². The number of nitrogens with zero attached hydrogens (tertiary/aromatic N) is 2. The molecule has 1 fully saturated rings. The maximum absolute atomic E-state index is 13.1. The molecule has 2 aromatic heterocycles. The first-order chi connectivity index (χ1) is 16.2. The number of furan rings is 1. The van der Waals surface area contributed by atoms with Crippen LogP contribution in [-0.4, -0.2) is 47.7 Å². The van der Waals surface area contributed by atoms with Crippen molar-refractivity contribution in [3.8, 4) is 0 Å². The third kappa shape index (κ3) is 5.05. The van der Waals surface area contributed by atoms with Crippen LogP contribution in [-0.2, 0) is 4.79 Å². The number of nitrogens with one attached hydrogen (secondary N) is 2. The van der Waals surface area contributed by atoms with Crippen LogP contribution in [0.3, 0.4) is 0 Å². The first kappa shape index (κ1) is 23.7. The van der Waals surface area contributed by atoms with Crippen LogP contribution in [0, 0.1) is 5.92 Å². The summed E-state index contributed by atoms with van der Waals surface area (Å²) in [5.41, 5.74) is 6.96. The summed E-state index contributed by atoms with van der Waals surface area (Å²) < 4.78 is 5.83. The van der Waals surface area contributed by atoms with Gasteiger partial charge in [-0.25, -0.2) is 4.98 Å². The summed E-state index contributed by atoms with van der Waals surface area (Å²) in [4.78, 5) is 44.2. The maximum Gasteiger partial charge on any atom is 0.294 e. The molecule has 1 aliphatic rings. The standard InChI is InChI=1S/C24H26ClN5O4/c1-30(2)24(33)14-5-9-18-17(11-14)20(29-22(31)13-3-7-16(26)8-4-13)21(34-18)23(32)28-19-10-6-15(25)12-27-19/h5-6,9-13,16H,3-4,7-8,26H2,1-2H3,(H,29,31)(H,27,28,32)/t13-,16-. The van der Waals surface area contributed by atoms with E-state index in [1.54, 1.807) is 44.4 Å². The Balaban J connectivity index is 1.70. The number of amides is 3. The van der Waals surface area contributed by atoms with Crippen LogP contribution in [0.25, 0.3) is 11.0 Å². The van der Waals surface area contributed by atoms with Crippen LogP contribution >= 0.6 is 11.6 Å². The van der Waals surface area contributed by atoms with E-state index in [0.29, 0.717) is 34.4 Å². The van der Waals surface area contributed by atoms with Crippen LogP contribution in [0.15, 0.2) is 40.9 Å². The summed E-state index contributed by atoms with van der Waals surface area (Å²) in [6, 6.07) is 8.10. The Morgan fingerprint density at radius 3 is 2.47 bits per heavy atom. The van der Waals surface area contributed by atoms with E-state index in [0.717, 1.165) is 12.8 Å². The van der Waals surface area contributed by atoms with Gasteiger partial charge >= 0.3 is 0 Å². The summed E-state index contributed by atoms with van der Waals surface area (Å²) in [5.74, 6) is -1.03. The molecule has 178 valence electrons. The molecule has 0 bridgehead atoms. The molecular formula is C24H26ClN5O4. The normalized spacial score (nSPS) is 17.9. The van der Waals surface area contributed by atoms with Gasteiger partial charge < -0.3 is 25.7 Å². The Morgan fingerprint density at radius 1 is 1.09 bits per heavy atom. The summed E-state index contributed by atoms with van der Waals surface area (Å²) in [6.07, 6.45) is 4.28. The van der Waals surface area contributed by atoms with Gasteiger partial charge in [-0.2, -0.15) is 0 Å². The highest BCUT2D eigenvalue weighted by atomic mass is 35.5. The van der Waals surface area contributed by atoms with Crippen molar-refractivity contribution in [1.29, 1.82) is 0 Å². The first-order valence-corrected chi connectivity index (χ1v) is 11.4. The van der Waals surface area contributed by atoms with Gasteiger partial charge in [-0.15, -0.1) is 0 Å². The van der Waals surface area contributed by atoms with Crippen molar-refractivity contribution >= 4 is 51.8 Å². The molecule has 3 aromatic rings. The molecule has 1 aliphatic carbocycles. The number of benzene rings is 1. The largest absolute Gasteiger partial charge is 0.449 e. The lowest BCUT2D eigenvalue weighted by molar-refractivity contribution is -0.120. The second-order valence-electron chi connectivity index (χ2n) is 8.63. The Morgan fingerprint density at radius 2 is 1.82 bits per heavy atom. The van der Waals surface area contributed by atoms with E-state index < -0.39 is 5.91 Å². The Bertz CT molecular complexity index is 1230. The third-order valence-electron chi connectivity index (χ3n) is 5.91. The number of aromatic nitrogens is 1. The fourth-order valence-electron chi connectivity index (χ4n) is 4.00. The minimum atomic E-state index is -0.590. The van der Waals surface area contributed by atoms with Crippen LogP contribution in [0.5, 0.6) is 0 Å². The molecule has 34 heavy (non-hydrogen) atoms. The summed E-state index contributed by atoms with van der Waals surface area (Å²) in [7, 11) is 3.30. The fourth-order valence-corrected chi connectivity index (χ4v) is 4.11. The average molecular weight is 484 g/mol. The highest BCUT2D eigenvalue weighted by molar-refractivity contribution is 6.30. The lowest BCUT2D eigenvalue weighted by Gasteiger charge is -2.25. The Labute approximate surface area is 201 Å². The zero-order chi connectivity index (χ0) is 24.4. The molecule has 3 amide bonds. The second kappa shape index (κ2) is 9.82. The molecule has 4 N–H and O–H groups in total. The van der Waals surface area contributed by atoms with Crippen molar-refractivity contribution in [3.63, 3.8) is 0 Å². The van der Waals surface area contributed by atoms with Crippen LogP contribution in [0.4, 0.5) is 11.5 Å². The number of pyridine rings is 1. The molecular weight excluding hydrogens is 458 g/mol. The van der Waals surface area contributed by atoms with E-state index in [-0.39, 0.29) is 41.0 Å². The van der Waals surface area contributed by atoms with Gasteiger partial charge in [0, 0.05) is 43.2 Å². The molecule has 0 aliphatic heterocycles. The highest BCUT2D eigenvalue weighted by Gasteiger charge is 2.29. The predicted octanol–water partition coefficient (Wildman–Crippen LogP) is 3.89. The minimum absolute atomic E-state index is 0.0814. The molecule has 0 atom stereocenters. The molecule has 0 radical (unpaired) electrons. The topological polar surface area (TPSA) is 131 Å². The number of fused-ring (bicyclic) bond motifs is 1. The van der Waals surface area contributed by atoms with Gasteiger partial charge in [0.15, 0.2) is 0 Å². The van der Waals surface area contributed by atoms with Crippen LogP contribution < -0.4 is 16.4 Å². The van der Waals surface area contributed by atoms with Gasteiger partial charge in [0.2, 0.25) is 11.7 Å². The SMILES string of the molecule is CN(C)C(=O)c1ccc2oc(C(=O)Nc3ccc(Cl)cn3)c(NC(=O)[C@H]3CC[C@H](N)CC3)c2c1. The Kier molecular flexibility index (Phi) is 6.85. The molecule has 9 nitrogen and oxygen atoms in total. The molecule has 0 spiro atoms. The fraction of sp³-hybridized carbons (Fsp3) is 0.333. The maximum atomic E-state index is 13.1. The van der Waals surface area contributed by atoms with Crippen molar-refractivity contribution in [3.05, 3.63) is 52.9 Å². The number of hydrogen-bond donors (Lipinski definition) is 3. The van der Waals surface area contributed by atoms with Crippen molar-refractivity contribution < 1.29 is 18.8 Å². The zero-order valence-corrected chi connectivity index (χ0v) is 19.7. The molecule has 4 rings (SSSR count). The van der Waals surface area contributed by atoms with E-state index in [9.17, 15) is 14.4 Å². The van der Waals surface area contributed by atoms with Gasteiger partial charge in [-0.3, -0.25) is 14.4 Å². The minimum Gasteiger partial charge on any atom is -0.449 e. The number of anilines is 2. The molecule has 1 saturated carbocycles. The summed E-state index contributed by atoms with van der Waals surface area (Å²) in [5, 5.41) is 6.44. The molecule has 10 heteroatoms. The van der Waals surface area contributed by atoms with Gasteiger partial charge in [-0.1, -0.05) is 11.6 Å². The first-order valence-electron chi connectivity index (χ1n) is 11.0. The molecule has 1 aromatic carbocycles. The number of carbonyl (C=O) groups is 3. The number of halogens is 1. The number of carbonyl (C=O) groups excluding carboxylic acids is 3. The number of nitrogens with two attached hydrogens (primary N) is 1. The van der Waals surface area contributed by atoms with Gasteiger partial charge in [0.25, 0.3) is 11.8 Å². The lowest BCUT2D eigenvalue weighted by atomic mass is 9.86. The zero-order valence-electron chi connectivity index (χ0n) is 18.9. The lowest BCUT2D eigenvalue weighted by Crippen LogP contribution is -2.32. The van der Waals surface area contributed by atoms with Crippen molar-refractivity contribution in [2.45, 2.75) is 31.7 Å². The van der Waals surface area contributed by atoms with Gasteiger partial charge in [0.1, 0.15) is 17.1 Å². The third-order valence-corrected chi connectivity index (χ3v) is 6.13. The van der Waals surface area contributed by atoms with Crippen LogP contribution in [0.1, 0.15) is 46.6 Å². The Hall–Kier alpha value is -3.43. The second-order valence-corrected chi connectivity index (χ2v) is 9.07. The molecule has 0 saturated heterocycles. The van der Waals surface area contributed by atoms with Crippen molar-refractivity contribution in [1.82, 2.24) is 9.88 Å². The number of hydrogen-bond acceptors (Lipinski definition) is 6. The average Bonchev–Trinajstić information content (AvgIpc) is 3.18. The summed E-state index contributed by atoms with van der Waals surface area (Å²) >= 11 is 5.87. The highest BCUT2D eigenvalue weighted by Crippen LogP contribution is 2.34. The predicted molar refractivity (Wildman–Crippen MR) is 130 cm³/mol. The number of rotatable bonds is 5. The van der Waals surface area contributed by atoms with E-state index in [4.69, 9.17) is 21.8 Å². The monoisotopic (exact) mass is 483 g/mol. The van der Waals surface area contributed by atoms with Gasteiger partial charge in [0.05, 0.1) is 5.02 Å². The van der Waals surface area contributed by atoms with Crippen molar-refractivity contribution in [2.24, 2.45) is 11.7 Å². The van der Waals surface area contributed by atoms with Crippen LogP contribution in [0.2, 0.25) is 5.02 Å². The molecule has 0 unspecified atom stereocenters. The van der Waals surface area contributed by atoms with E-state index in [1.807, 2.05) is 0 Å². The van der Waals surface area contributed by atoms with E-state index >= 15 is 0 Å². The smallest absolute Gasteiger partial charge is 0.294 e. The van der Waals surface area contributed by atoms with Gasteiger partial charge in [-0.05, 0) is 56.0 Å². The van der Waals surface area contributed by atoms with E-state index in [2.05, 4.69) is 15.6 Å². The van der Waals surface area contributed by atoms with Crippen molar-refractivity contribution in [2.75, 3.05) is 24.7 Å². The quantitative estimate of drug-likeness (QED) is 0.504. The molecule has 2 heterocycles. The summed E-state index contributed by atoms with van der Waals surface area (Å²) in [6.45, 7) is 0.